The van der Waals surface area contributed by atoms with Crippen LogP contribution >= 0.6 is 0 Å². The number of nitrogens with two attached hydrogens (primary N) is 1. The molecule has 0 saturated heterocycles. The zero-order chi connectivity index (χ0) is 11.5. The van der Waals surface area contributed by atoms with Crippen molar-refractivity contribution in [1.82, 2.24) is 4.98 Å². The highest BCUT2D eigenvalue weighted by atomic mass is 16.5. The van der Waals surface area contributed by atoms with Crippen LogP contribution in [0.3, 0.4) is 0 Å². The zero-order valence-corrected chi connectivity index (χ0v) is 9.66. The van der Waals surface area contributed by atoms with E-state index in [1.165, 1.54) is 5.56 Å². The van der Waals surface area contributed by atoms with Crippen LogP contribution in [0.25, 0.3) is 10.9 Å². The molecule has 0 bridgehead atoms. The van der Waals surface area contributed by atoms with Gasteiger partial charge in [-0.2, -0.15) is 0 Å². The maximum atomic E-state index is 5.96. The topological polar surface area (TPSA) is 48.1 Å². The van der Waals surface area contributed by atoms with Crippen LogP contribution in [-0.4, -0.2) is 12.1 Å². The summed E-state index contributed by atoms with van der Waals surface area (Å²) in [5, 5.41) is 1.10. The highest BCUT2D eigenvalue weighted by Gasteiger charge is 2.06. The van der Waals surface area contributed by atoms with Gasteiger partial charge in [0.05, 0.1) is 18.3 Å². The molecule has 0 spiro atoms. The van der Waals surface area contributed by atoms with Crippen LogP contribution in [0.4, 0.5) is 5.69 Å². The van der Waals surface area contributed by atoms with Crippen molar-refractivity contribution in [2.45, 2.75) is 19.8 Å². The molecule has 2 N–H and O–H groups in total. The van der Waals surface area contributed by atoms with Crippen molar-refractivity contribution in [3.05, 3.63) is 30.0 Å². The van der Waals surface area contributed by atoms with Crippen molar-refractivity contribution in [3.63, 3.8) is 0 Å². The van der Waals surface area contributed by atoms with Crippen molar-refractivity contribution in [2.75, 3.05) is 12.8 Å². The Morgan fingerprint density at radius 1 is 1.38 bits per heavy atom. The molecule has 3 nitrogen and oxygen atoms in total. The predicted molar refractivity (Wildman–Crippen MR) is 66.7 cm³/mol. The number of aromatic nitrogens is 1. The van der Waals surface area contributed by atoms with Crippen molar-refractivity contribution in [3.8, 4) is 5.75 Å². The summed E-state index contributed by atoms with van der Waals surface area (Å²) in [6, 6.07) is 5.86. The molecule has 0 aliphatic heterocycles. The van der Waals surface area contributed by atoms with Crippen molar-refractivity contribution >= 4 is 16.6 Å². The second-order valence-electron chi connectivity index (χ2n) is 3.83. The van der Waals surface area contributed by atoms with Crippen LogP contribution in [0, 0.1) is 0 Å². The first kappa shape index (κ1) is 10.7. The Bertz CT molecular complexity index is 509. The van der Waals surface area contributed by atoms with E-state index in [0.29, 0.717) is 5.69 Å². The number of ether oxygens (including phenoxy) is 1. The Kier molecular flexibility index (Phi) is 2.95. The molecule has 0 unspecified atom stereocenters. The standard InChI is InChI=1S/C13H16N2O/c1-3-4-9-5-6-15-13-11(9)7-10(16-2)8-12(13)14/h5-8H,3-4,14H2,1-2H3. The van der Waals surface area contributed by atoms with Crippen LogP contribution in [0.15, 0.2) is 24.4 Å². The molecule has 1 aromatic heterocycles. The summed E-state index contributed by atoms with van der Waals surface area (Å²) in [5.41, 5.74) is 8.77. The number of rotatable bonds is 3. The van der Waals surface area contributed by atoms with Crippen LogP contribution in [0.2, 0.25) is 0 Å². The molecule has 0 fully saturated rings. The lowest BCUT2D eigenvalue weighted by Gasteiger charge is -2.09. The van der Waals surface area contributed by atoms with E-state index in [2.05, 4.69) is 11.9 Å². The number of aryl methyl sites for hydroxylation is 1. The molecule has 0 aliphatic rings. The zero-order valence-electron chi connectivity index (χ0n) is 9.66. The number of benzene rings is 1. The minimum absolute atomic E-state index is 0.673. The van der Waals surface area contributed by atoms with Gasteiger partial charge in [0.25, 0.3) is 0 Å². The quantitative estimate of drug-likeness (QED) is 0.802. The Hall–Kier alpha value is -1.77. The molecule has 0 amide bonds. The summed E-state index contributed by atoms with van der Waals surface area (Å²) in [6.07, 6.45) is 3.96. The number of anilines is 1. The lowest BCUT2D eigenvalue weighted by Crippen LogP contribution is -1.95. The number of pyridine rings is 1. The fourth-order valence-corrected chi connectivity index (χ4v) is 1.92. The highest BCUT2D eigenvalue weighted by Crippen LogP contribution is 2.28. The van der Waals surface area contributed by atoms with E-state index < -0.39 is 0 Å². The third-order valence-electron chi connectivity index (χ3n) is 2.69. The normalized spacial score (nSPS) is 10.6. The summed E-state index contributed by atoms with van der Waals surface area (Å²) in [5.74, 6) is 0.787. The van der Waals surface area contributed by atoms with Gasteiger partial charge in [0, 0.05) is 17.6 Å². The second-order valence-corrected chi connectivity index (χ2v) is 3.83. The molecule has 3 heteroatoms. The van der Waals surface area contributed by atoms with Gasteiger partial charge in [-0.15, -0.1) is 0 Å². The van der Waals surface area contributed by atoms with E-state index in [1.54, 1.807) is 7.11 Å². The second kappa shape index (κ2) is 4.39. The molecule has 2 rings (SSSR count). The van der Waals surface area contributed by atoms with Gasteiger partial charge in [-0.25, -0.2) is 0 Å². The Labute approximate surface area is 95.2 Å². The highest BCUT2D eigenvalue weighted by molar-refractivity contribution is 5.93. The van der Waals surface area contributed by atoms with E-state index in [-0.39, 0.29) is 0 Å². The summed E-state index contributed by atoms with van der Waals surface area (Å²) in [4.78, 5) is 4.32. The molecule has 0 aliphatic carbocycles. The molecule has 1 heterocycles. The average Bonchev–Trinajstić information content (AvgIpc) is 2.30. The molecule has 2 aromatic rings. The average molecular weight is 216 g/mol. The van der Waals surface area contributed by atoms with E-state index in [0.717, 1.165) is 29.5 Å². The van der Waals surface area contributed by atoms with E-state index in [4.69, 9.17) is 10.5 Å². The van der Waals surface area contributed by atoms with Gasteiger partial charge in [0.1, 0.15) is 5.75 Å². The van der Waals surface area contributed by atoms with Crippen molar-refractivity contribution in [1.29, 1.82) is 0 Å². The van der Waals surface area contributed by atoms with Crippen LogP contribution in [0.1, 0.15) is 18.9 Å². The third-order valence-corrected chi connectivity index (χ3v) is 2.69. The number of fused-ring (bicyclic) bond motifs is 1. The van der Waals surface area contributed by atoms with Gasteiger partial charge < -0.3 is 10.5 Å². The molecular formula is C13H16N2O. The molecule has 0 radical (unpaired) electrons. The fraction of sp³-hybridized carbons (Fsp3) is 0.308. The van der Waals surface area contributed by atoms with E-state index in [9.17, 15) is 0 Å². The largest absolute Gasteiger partial charge is 0.497 e. The summed E-state index contributed by atoms with van der Waals surface area (Å²) >= 11 is 0. The van der Waals surface area contributed by atoms with Crippen molar-refractivity contribution < 1.29 is 4.74 Å². The molecule has 1 aromatic carbocycles. The Morgan fingerprint density at radius 2 is 2.19 bits per heavy atom. The van der Waals surface area contributed by atoms with Crippen molar-refractivity contribution in [2.24, 2.45) is 0 Å². The van der Waals surface area contributed by atoms with Gasteiger partial charge in [-0.1, -0.05) is 13.3 Å². The van der Waals surface area contributed by atoms with Crippen LogP contribution in [-0.2, 0) is 6.42 Å². The summed E-state index contributed by atoms with van der Waals surface area (Å²) in [6.45, 7) is 2.16. The number of hydrogen-bond donors (Lipinski definition) is 1. The fourth-order valence-electron chi connectivity index (χ4n) is 1.92. The molecule has 0 atom stereocenters. The summed E-state index contributed by atoms with van der Waals surface area (Å²) < 4.78 is 5.23. The van der Waals surface area contributed by atoms with Gasteiger partial charge in [-0.3, -0.25) is 4.98 Å². The molecule has 0 saturated carbocycles. The molecule has 16 heavy (non-hydrogen) atoms. The maximum absolute atomic E-state index is 5.96. The Balaban J connectivity index is 2.69. The number of methoxy groups -OCH3 is 1. The minimum Gasteiger partial charge on any atom is -0.497 e. The van der Waals surface area contributed by atoms with Crippen LogP contribution in [0.5, 0.6) is 5.75 Å². The van der Waals surface area contributed by atoms with E-state index in [1.807, 2.05) is 24.4 Å². The first-order valence-electron chi connectivity index (χ1n) is 5.47. The molecule has 84 valence electrons. The maximum Gasteiger partial charge on any atom is 0.121 e. The Morgan fingerprint density at radius 3 is 2.88 bits per heavy atom. The lowest BCUT2D eigenvalue weighted by atomic mass is 10.0. The van der Waals surface area contributed by atoms with Crippen LogP contribution < -0.4 is 10.5 Å². The van der Waals surface area contributed by atoms with Gasteiger partial charge >= 0.3 is 0 Å². The number of nitrogen functional groups attached to an aromatic ring is 1. The SMILES string of the molecule is CCCc1ccnc2c(N)cc(OC)cc12. The van der Waals surface area contributed by atoms with E-state index >= 15 is 0 Å². The number of hydrogen-bond acceptors (Lipinski definition) is 3. The third kappa shape index (κ3) is 1.81. The number of nitrogens with zero attached hydrogens (tertiary/aromatic N) is 1. The monoisotopic (exact) mass is 216 g/mol. The van der Waals surface area contributed by atoms with Gasteiger partial charge in [-0.05, 0) is 24.1 Å². The smallest absolute Gasteiger partial charge is 0.121 e. The van der Waals surface area contributed by atoms with Gasteiger partial charge in [0.2, 0.25) is 0 Å². The molecular weight excluding hydrogens is 200 g/mol. The lowest BCUT2D eigenvalue weighted by molar-refractivity contribution is 0.415. The minimum atomic E-state index is 0.673. The summed E-state index contributed by atoms with van der Waals surface area (Å²) in [7, 11) is 1.65. The first-order valence-corrected chi connectivity index (χ1v) is 5.47. The first-order chi connectivity index (χ1) is 7.76. The predicted octanol–water partition coefficient (Wildman–Crippen LogP) is 2.78. The van der Waals surface area contributed by atoms with Gasteiger partial charge in [0.15, 0.2) is 0 Å².